The van der Waals surface area contributed by atoms with Gasteiger partial charge in [-0.3, -0.25) is 4.79 Å². The third-order valence-corrected chi connectivity index (χ3v) is 4.23. The second-order valence-electron chi connectivity index (χ2n) is 5.17. The number of thioether (sulfide) groups is 1. The summed E-state index contributed by atoms with van der Waals surface area (Å²) in [4.78, 5) is 17.5. The largest absolute Gasteiger partial charge is 0.472 e. The Morgan fingerprint density at radius 1 is 1.39 bits per heavy atom. The summed E-state index contributed by atoms with van der Waals surface area (Å²) < 4.78 is 10.9. The number of nitrogens with one attached hydrogen (secondary N) is 1. The van der Waals surface area contributed by atoms with Crippen LogP contribution in [-0.4, -0.2) is 36.5 Å². The smallest absolute Gasteiger partial charge is 0.257 e. The normalized spacial score (nSPS) is 17.0. The van der Waals surface area contributed by atoms with Crippen molar-refractivity contribution < 1.29 is 14.3 Å². The lowest BCUT2D eigenvalue weighted by Crippen LogP contribution is -2.17. The van der Waals surface area contributed by atoms with Gasteiger partial charge in [0.2, 0.25) is 5.88 Å². The van der Waals surface area contributed by atoms with Gasteiger partial charge in [-0.05, 0) is 30.5 Å². The zero-order valence-electron chi connectivity index (χ0n) is 12.8. The second-order valence-corrected chi connectivity index (χ2v) is 6.05. The molecule has 1 saturated heterocycles. The second kappa shape index (κ2) is 7.48. The molecule has 1 aromatic carbocycles. The van der Waals surface area contributed by atoms with Gasteiger partial charge in [0.05, 0.1) is 18.8 Å². The van der Waals surface area contributed by atoms with E-state index in [2.05, 4.69) is 10.3 Å². The first-order chi connectivity index (χ1) is 11.2. The molecule has 120 valence electrons. The standard InChI is InChI=1S/C17H18N2O3S/c1-23-15-4-2-3-13(9-15)19-17(20)12-5-6-16(18-10-12)22-14-7-8-21-11-14/h2-6,9-10,14H,7-8,11H2,1H3,(H,19,20). The van der Waals surface area contributed by atoms with E-state index in [4.69, 9.17) is 9.47 Å². The van der Waals surface area contributed by atoms with Crippen molar-refractivity contribution in [1.82, 2.24) is 4.98 Å². The van der Waals surface area contributed by atoms with Crippen molar-refractivity contribution in [2.75, 3.05) is 24.8 Å². The first-order valence-electron chi connectivity index (χ1n) is 7.40. The molecule has 1 fully saturated rings. The van der Waals surface area contributed by atoms with Gasteiger partial charge in [-0.2, -0.15) is 0 Å². The third-order valence-electron chi connectivity index (χ3n) is 3.50. The predicted molar refractivity (Wildman–Crippen MR) is 90.3 cm³/mol. The summed E-state index contributed by atoms with van der Waals surface area (Å²) in [6.07, 6.45) is 4.45. The van der Waals surface area contributed by atoms with E-state index in [0.717, 1.165) is 23.6 Å². The molecule has 1 aliphatic heterocycles. The molecule has 0 aliphatic carbocycles. The maximum atomic E-state index is 12.3. The Morgan fingerprint density at radius 3 is 3.00 bits per heavy atom. The van der Waals surface area contributed by atoms with Crippen molar-refractivity contribution in [2.45, 2.75) is 17.4 Å². The number of nitrogens with zero attached hydrogens (tertiary/aromatic N) is 1. The summed E-state index contributed by atoms with van der Waals surface area (Å²) >= 11 is 1.63. The van der Waals surface area contributed by atoms with Crippen LogP contribution in [0, 0.1) is 0 Å². The quantitative estimate of drug-likeness (QED) is 0.853. The first-order valence-corrected chi connectivity index (χ1v) is 8.63. The zero-order chi connectivity index (χ0) is 16.1. The summed E-state index contributed by atoms with van der Waals surface area (Å²) in [6, 6.07) is 11.1. The fourth-order valence-electron chi connectivity index (χ4n) is 2.27. The fourth-order valence-corrected chi connectivity index (χ4v) is 2.72. The van der Waals surface area contributed by atoms with Crippen LogP contribution >= 0.6 is 11.8 Å². The van der Waals surface area contributed by atoms with Crippen LogP contribution in [0.15, 0.2) is 47.5 Å². The van der Waals surface area contributed by atoms with Gasteiger partial charge in [0.1, 0.15) is 6.10 Å². The van der Waals surface area contributed by atoms with Gasteiger partial charge < -0.3 is 14.8 Å². The minimum absolute atomic E-state index is 0.0523. The molecular formula is C17H18N2O3S. The molecule has 2 aromatic rings. The van der Waals surface area contributed by atoms with Crippen molar-refractivity contribution in [3.05, 3.63) is 48.2 Å². The van der Waals surface area contributed by atoms with Gasteiger partial charge in [-0.15, -0.1) is 11.8 Å². The molecule has 1 amide bonds. The van der Waals surface area contributed by atoms with Gasteiger partial charge in [0.25, 0.3) is 5.91 Å². The van der Waals surface area contributed by atoms with E-state index >= 15 is 0 Å². The summed E-state index contributed by atoms with van der Waals surface area (Å²) in [5.41, 5.74) is 1.26. The van der Waals surface area contributed by atoms with Crippen molar-refractivity contribution >= 4 is 23.4 Å². The lowest BCUT2D eigenvalue weighted by molar-refractivity contribution is 0.102. The highest BCUT2D eigenvalue weighted by atomic mass is 32.2. The minimum Gasteiger partial charge on any atom is -0.472 e. The summed E-state index contributed by atoms with van der Waals surface area (Å²) in [7, 11) is 0. The number of carbonyl (C=O) groups excluding carboxylic acids is 1. The molecule has 6 heteroatoms. The zero-order valence-corrected chi connectivity index (χ0v) is 13.6. The Morgan fingerprint density at radius 2 is 2.30 bits per heavy atom. The average Bonchev–Trinajstić information content (AvgIpc) is 3.08. The van der Waals surface area contributed by atoms with Crippen LogP contribution in [0.4, 0.5) is 5.69 Å². The monoisotopic (exact) mass is 330 g/mol. The maximum Gasteiger partial charge on any atom is 0.257 e. The molecule has 1 unspecified atom stereocenters. The molecule has 1 aromatic heterocycles. The number of hydrogen-bond acceptors (Lipinski definition) is 5. The summed E-state index contributed by atoms with van der Waals surface area (Å²) in [5, 5.41) is 2.87. The van der Waals surface area contributed by atoms with Crippen LogP contribution in [0.5, 0.6) is 5.88 Å². The van der Waals surface area contributed by atoms with Crippen LogP contribution < -0.4 is 10.1 Å². The first kappa shape index (κ1) is 15.8. The number of anilines is 1. The summed E-state index contributed by atoms with van der Waals surface area (Å²) in [6.45, 7) is 1.32. The number of benzene rings is 1. The Kier molecular flexibility index (Phi) is 5.15. The van der Waals surface area contributed by atoms with Gasteiger partial charge in [0.15, 0.2) is 0 Å². The predicted octanol–water partition coefficient (Wildman–Crippen LogP) is 3.22. The highest BCUT2D eigenvalue weighted by Crippen LogP contribution is 2.20. The van der Waals surface area contributed by atoms with Crippen LogP contribution in [0.3, 0.4) is 0 Å². The molecule has 1 N–H and O–H groups in total. The Bertz CT molecular complexity index is 670. The van der Waals surface area contributed by atoms with Crippen LogP contribution in [0.2, 0.25) is 0 Å². The van der Waals surface area contributed by atoms with Crippen molar-refractivity contribution in [1.29, 1.82) is 0 Å². The number of hydrogen-bond donors (Lipinski definition) is 1. The minimum atomic E-state index is -0.188. The van der Waals surface area contributed by atoms with Crippen LogP contribution in [0.25, 0.3) is 0 Å². The molecule has 0 spiro atoms. The van der Waals surface area contributed by atoms with E-state index in [1.54, 1.807) is 23.9 Å². The van der Waals surface area contributed by atoms with Gasteiger partial charge >= 0.3 is 0 Å². The number of pyridine rings is 1. The van der Waals surface area contributed by atoms with Crippen LogP contribution in [-0.2, 0) is 4.74 Å². The number of ether oxygens (including phenoxy) is 2. The SMILES string of the molecule is CSc1cccc(NC(=O)c2ccc(OC3CCOC3)nc2)c1. The molecule has 5 nitrogen and oxygen atoms in total. The maximum absolute atomic E-state index is 12.3. The molecular weight excluding hydrogens is 312 g/mol. The lowest BCUT2D eigenvalue weighted by Gasteiger charge is -2.11. The lowest BCUT2D eigenvalue weighted by atomic mass is 10.2. The number of carbonyl (C=O) groups is 1. The van der Waals surface area contributed by atoms with Crippen molar-refractivity contribution in [2.24, 2.45) is 0 Å². The van der Waals surface area contributed by atoms with E-state index in [0.29, 0.717) is 18.1 Å². The number of aromatic nitrogens is 1. The van der Waals surface area contributed by atoms with Crippen LogP contribution in [0.1, 0.15) is 16.8 Å². The van der Waals surface area contributed by atoms with Gasteiger partial charge in [0, 0.05) is 29.3 Å². The van der Waals surface area contributed by atoms with Crippen molar-refractivity contribution in [3.8, 4) is 5.88 Å². The van der Waals surface area contributed by atoms with E-state index in [1.807, 2.05) is 30.5 Å². The molecule has 1 aliphatic rings. The molecule has 23 heavy (non-hydrogen) atoms. The van der Waals surface area contributed by atoms with Gasteiger partial charge in [-0.1, -0.05) is 6.07 Å². The highest BCUT2D eigenvalue weighted by Gasteiger charge is 2.17. The van der Waals surface area contributed by atoms with E-state index in [9.17, 15) is 4.79 Å². The molecule has 0 bridgehead atoms. The Labute approximate surface area is 139 Å². The Hall–Kier alpha value is -2.05. The molecule has 1 atom stereocenters. The third kappa shape index (κ3) is 4.24. The summed E-state index contributed by atoms with van der Waals surface area (Å²) in [5.74, 6) is 0.327. The van der Waals surface area contributed by atoms with E-state index < -0.39 is 0 Å². The Balaban J connectivity index is 1.62. The van der Waals surface area contributed by atoms with Crippen molar-refractivity contribution in [3.63, 3.8) is 0 Å². The molecule has 0 saturated carbocycles. The topological polar surface area (TPSA) is 60.5 Å². The molecule has 2 heterocycles. The number of rotatable bonds is 5. The highest BCUT2D eigenvalue weighted by molar-refractivity contribution is 7.98. The molecule has 3 rings (SSSR count). The average molecular weight is 330 g/mol. The van der Waals surface area contributed by atoms with E-state index in [1.165, 1.54) is 6.20 Å². The van der Waals surface area contributed by atoms with Gasteiger partial charge in [-0.25, -0.2) is 4.98 Å². The molecule has 0 radical (unpaired) electrons. The fraction of sp³-hybridized carbons (Fsp3) is 0.294. The van der Waals surface area contributed by atoms with E-state index in [-0.39, 0.29) is 12.0 Å². The number of amides is 1.